The Morgan fingerprint density at radius 2 is 1.86 bits per heavy atom. The van der Waals surface area contributed by atoms with E-state index in [2.05, 4.69) is 41.9 Å². The number of benzene rings is 1. The summed E-state index contributed by atoms with van der Waals surface area (Å²) in [6, 6.07) is 7.21. The molecule has 1 aromatic carbocycles. The Bertz CT molecular complexity index is 765. The van der Waals surface area contributed by atoms with Gasteiger partial charge < -0.3 is 14.8 Å². The summed E-state index contributed by atoms with van der Waals surface area (Å²) in [7, 11) is 3.18. The van der Waals surface area contributed by atoms with Crippen LogP contribution in [0.3, 0.4) is 0 Å². The Hall–Kier alpha value is -2.42. The zero-order chi connectivity index (χ0) is 14.8. The van der Waals surface area contributed by atoms with Gasteiger partial charge in [-0.2, -0.15) is 0 Å². The Labute approximate surface area is 128 Å². The van der Waals surface area contributed by atoms with Crippen LogP contribution in [0.5, 0.6) is 11.5 Å². The second-order valence-corrected chi connectivity index (χ2v) is 4.86. The van der Waals surface area contributed by atoms with Crippen LogP contribution in [0, 0.1) is 0 Å². The molecule has 0 aliphatic rings. The molecule has 0 radical (unpaired) electrons. The van der Waals surface area contributed by atoms with Crippen molar-refractivity contribution in [3.05, 3.63) is 28.7 Å². The predicted molar refractivity (Wildman–Crippen MR) is 79.1 cm³/mol. The van der Waals surface area contributed by atoms with Gasteiger partial charge in [0.2, 0.25) is 0 Å². The van der Waals surface area contributed by atoms with Gasteiger partial charge >= 0.3 is 0 Å². The highest BCUT2D eigenvalue weighted by Crippen LogP contribution is 2.38. The van der Waals surface area contributed by atoms with E-state index in [4.69, 9.17) is 9.47 Å². The molecule has 0 aliphatic carbocycles. The minimum atomic E-state index is 0.575. The number of tetrazole rings is 1. The molecule has 0 amide bonds. The summed E-state index contributed by atoms with van der Waals surface area (Å²) < 4.78 is 12.7. The Balaban J connectivity index is 1.96. The number of fused-ring (bicyclic) bond motifs is 1. The minimum Gasteiger partial charge on any atom is -0.495 e. The summed E-state index contributed by atoms with van der Waals surface area (Å²) in [5.41, 5.74) is 1.35. The number of hydrogen-bond acceptors (Lipinski definition) is 7. The number of ether oxygens (including phenoxy) is 2. The van der Waals surface area contributed by atoms with Gasteiger partial charge in [-0.15, -0.1) is 14.8 Å². The quantitative estimate of drug-likeness (QED) is 0.770. The van der Waals surface area contributed by atoms with Gasteiger partial charge in [0.25, 0.3) is 0 Å². The topological polar surface area (TPSA) is 86.5 Å². The van der Waals surface area contributed by atoms with Crippen molar-refractivity contribution >= 4 is 33.1 Å². The smallest absolute Gasteiger partial charge is 0.200 e. The molecule has 0 atom stereocenters. The standard InChI is InChI=1S/C12H11BrN6O2/c1-20-8-5-7(6-9(21-2)12(8)13)14-10-3-4-11-15-17-18-19(11)16-10/h3-6H,1-2H3,(H,14,16). The summed E-state index contributed by atoms with van der Waals surface area (Å²) in [6.45, 7) is 0. The maximum Gasteiger partial charge on any atom is 0.200 e. The molecule has 3 aromatic rings. The van der Waals surface area contributed by atoms with Gasteiger partial charge in [-0.05, 0) is 38.5 Å². The summed E-state index contributed by atoms with van der Waals surface area (Å²) in [5.74, 6) is 1.90. The van der Waals surface area contributed by atoms with E-state index in [0.717, 1.165) is 10.2 Å². The lowest BCUT2D eigenvalue weighted by Crippen LogP contribution is -2.01. The molecule has 0 saturated heterocycles. The van der Waals surface area contributed by atoms with Gasteiger partial charge in [-0.25, -0.2) is 0 Å². The Kier molecular flexibility index (Phi) is 3.57. The van der Waals surface area contributed by atoms with Crippen LogP contribution < -0.4 is 14.8 Å². The molecule has 0 bridgehead atoms. The summed E-state index contributed by atoms with van der Waals surface area (Å²) in [6.07, 6.45) is 0. The molecule has 8 nitrogen and oxygen atoms in total. The first kappa shape index (κ1) is 13.6. The highest BCUT2D eigenvalue weighted by molar-refractivity contribution is 9.10. The fourth-order valence-corrected chi connectivity index (χ4v) is 2.36. The number of anilines is 2. The second kappa shape index (κ2) is 5.52. The van der Waals surface area contributed by atoms with Crippen LogP contribution in [0.2, 0.25) is 0 Å². The van der Waals surface area contributed by atoms with Crippen molar-refractivity contribution in [2.75, 3.05) is 19.5 Å². The molecule has 1 N–H and O–H groups in total. The second-order valence-electron chi connectivity index (χ2n) is 4.06. The third kappa shape index (κ3) is 2.59. The number of nitrogens with zero attached hydrogens (tertiary/aromatic N) is 5. The summed E-state index contributed by atoms with van der Waals surface area (Å²) in [4.78, 5) is 0. The summed E-state index contributed by atoms with van der Waals surface area (Å²) in [5, 5.41) is 18.5. The monoisotopic (exact) mass is 350 g/mol. The van der Waals surface area contributed by atoms with Crippen molar-refractivity contribution in [1.82, 2.24) is 25.3 Å². The molecule has 21 heavy (non-hydrogen) atoms. The normalized spacial score (nSPS) is 10.6. The van der Waals surface area contributed by atoms with E-state index < -0.39 is 0 Å². The first-order valence-electron chi connectivity index (χ1n) is 5.95. The van der Waals surface area contributed by atoms with Crippen molar-refractivity contribution < 1.29 is 9.47 Å². The molecular weight excluding hydrogens is 340 g/mol. The van der Waals surface area contributed by atoms with E-state index >= 15 is 0 Å². The molecule has 0 spiro atoms. The molecule has 108 valence electrons. The van der Waals surface area contributed by atoms with Gasteiger partial charge in [0.15, 0.2) is 11.5 Å². The SMILES string of the molecule is COc1cc(Nc2ccc3nnnn3n2)cc(OC)c1Br. The number of hydrogen-bond donors (Lipinski definition) is 1. The number of rotatable bonds is 4. The van der Waals surface area contributed by atoms with Crippen LogP contribution >= 0.6 is 15.9 Å². The molecule has 0 unspecified atom stereocenters. The number of aromatic nitrogens is 5. The zero-order valence-electron chi connectivity index (χ0n) is 11.2. The fourth-order valence-electron chi connectivity index (χ4n) is 1.81. The molecule has 3 rings (SSSR count). The van der Waals surface area contributed by atoms with Crippen molar-refractivity contribution in [2.24, 2.45) is 0 Å². The van der Waals surface area contributed by atoms with Gasteiger partial charge in [-0.1, -0.05) is 0 Å². The van der Waals surface area contributed by atoms with Crippen LogP contribution in [0.25, 0.3) is 5.65 Å². The van der Waals surface area contributed by atoms with Crippen LogP contribution in [-0.4, -0.2) is 39.5 Å². The van der Waals surface area contributed by atoms with Crippen molar-refractivity contribution in [2.45, 2.75) is 0 Å². The molecule has 2 heterocycles. The van der Waals surface area contributed by atoms with E-state index in [1.807, 2.05) is 12.1 Å². The lowest BCUT2D eigenvalue weighted by molar-refractivity contribution is 0.390. The van der Waals surface area contributed by atoms with E-state index in [-0.39, 0.29) is 0 Å². The third-order valence-corrected chi connectivity index (χ3v) is 3.57. The largest absolute Gasteiger partial charge is 0.495 e. The molecule has 0 fully saturated rings. The molecular formula is C12H11BrN6O2. The zero-order valence-corrected chi connectivity index (χ0v) is 12.8. The van der Waals surface area contributed by atoms with Crippen molar-refractivity contribution in [1.29, 1.82) is 0 Å². The van der Waals surface area contributed by atoms with E-state index in [1.54, 1.807) is 26.4 Å². The van der Waals surface area contributed by atoms with Crippen molar-refractivity contribution in [3.63, 3.8) is 0 Å². The minimum absolute atomic E-state index is 0.575. The third-order valence-electron chi connectivity index (χ3n) is 2.79. The maximum absolute atomic E-state index is 5.30. The lowest BCUT2D eigenvalue weighted by atomic mass is 10.2. The number of nitrogens with one attached hydrogen (secondary N) is 1. The number of methoxy groups -OCH3 is 2. The van der Waals surface area contributed by atoms with Crippen LogP contribution in [0.4, 0.5) is 11.5 Å². The van der Waals surface area contributed by atoms with Crippen LogP contribution in [-0.2, 0) is 0 Å². The van der Waals surface area contributed by atoms with Gasteiger partial charge in [0.05, 0.1) is 14.2 Å². The van der Waals surface area contributed by atoms with Gasteiger partial charge in [0, 0.05) is 17.8 Å². The van der Waals surface area contributed by atoms with Crippen LogP contribution in [0.15, 0.2) is 28.7 Å². The summed E-state index contributed by atoms with van der Waals surface area (Å²) >= 11 is 3.42. The number of halogens is 1. The maximum atomic E-state index is 5.30. The van der Waals surface area contributed by atoms with Gasteiger partial charge in [-0.3, -0.25) is 0 Å². The van der Waals surface area contributed by atoms with Crippen molar-refractivity contribution in [3.8, 4) is 11.5 Å². The first-order valence-corrected chi connectivity index (χ1v) is 6.74. The van der Waals surface area contributed by atoms with E-state index in [1.165, 1.54) is 4.63 Å². The van der Waals surface area contributed by atoms with E-state index in [9.17, 15) is 0 Å². The van der Waals surface area contributed by atoms with Crippen LogP contribution in [0.1, 0.15) is 0 Å². The molecule has 0 saturated carbocycles. The predicted octanol–water partition coefficient (Wildman–Crippen LogP) is 2.04. The average molecular weight is 351 g/mol. The fraction of sp³-hybridized carbons (Fsp3) is 0.167. The Morgan fingerprint density at radius 1 is 1.14 bits per heavy atom. The Morgan fingerprint density at radius 3 is 2.52 bits per heavy atom. The molecule has 0 aliphatic heterocycles. The molecule has 9 heteroatoms. The first-order chi connectivity index (χ1) is 10.2. The van der Waals surface area contributed by atoms with Gasteiger partial charge in [0.1, 0.15) is 16.0 Å². The highest BCUT2D eigenvalue weighted by Gasteiger charge is 2.10. The molecule has 2 aromatic heterocycles. The lowest BCUT2D eigenvalue weighted by Gasteiger charge is -2.12. The highest BCUT2D eigenvalue weighted by atomic mass is 79.9. The van der Waals surface area contributed by atoms with E-state index in [0.29, 0.717) is 23.0 Å². The average Bonchev–Trinajstić information content (AvgIpc) is 2.96.